The average Bonchev–Trinajstić information content (AvgIpc) is 2.98. The molecule has 0 fully saturated rings. The second kappa shape index (κ2) is 5.76. The molecule has 0 bridgehead atoms. The number of fused-ring (bicyclic) bond motifs is 1. The number of nitrogens with zero attached hydrogens (tertiary/aromatic N) is 1. The molecule has 0 amide bonds. The SMILES string of the molecule is Cc1onc(-c2ccccc2)c1-c1cc(=O)c2cc(Br)ccc2o1. The number of hydrogen-bond donors (Lipinski definition) is 0. The Morgan fingerprint density at radius 1 is 1.04 bits per heavy atom. The lowest BCUT2D eigenvalue weighted by molar-refractivity contribution is 0.400. The van der Waals surface area contributed by atoms with Gasteiger partial charge in [-0.3, -0.25) is 4.79 Å². The number of halogens is 1. The Bertz CT molecular complexity index is 1100. The van der Waals surface area contributed by atoms with Crippen molar-refractivity contribution in [1.29, 1.82) is 0 Å². The zero-order chi connectivity index (χ0) is 16.7. The van der Waals surface area contributed by atoms with Gasteiger partial charge in [0.25, 0.3) is 0 Å². The zero-order valence-electron chi connectivity index (χ0n) is 12.7. The van der Waals surface area contributed by atoms with Crippen LogP contribution in [0.1, 0.15) is 5.76 Å². The summed E-state index contributed by atoms with van der Waals surface area (Å²) in [6, 6.07) is 16.5. The molecule has 0 radical (unpaired) electrons. The molecule has 0 aliphatic carbocycles. The van der Waals surface area contributed by atoms with Gasteiger partial charge in [0.1, 0.15) is 22.8 Å². The fourth-order valence-electron chi connectivity index (χ4n) is 2.71. The minimum Gasteiger partial charge on any atom is -0.456 e. The van der Waals surface area contributed by atoms with Crippen molar-refractivity contribution >= 4 is 26.9 Å². The van der Waals surface area contributed by atoms with Crippen LogP contribution in [0.4, 0.5) is 0 Å². The number of hydrogen-bond acceptors (Lipinski definition) is 4. The van der Waals surface area contributed by atoms with Crippen LogP contribution in [-0.2, 0) is 0 Å². The van der Waals surface area contributed by atoms with Gasteiger partial charge in [-0.15, -0.1) is 0 Å². The molecule has 5 heteroatoms. The van der Waals surface area contributed by atoms with E-state index in [4.69, 9.17) is 8.94 Å². The second-order valence-corrected chi connectivity index (χ2v) is 6.36. The highest BCUT2D eigenvalue weighted by Crippen LogP contribution is 2.34. The molecule has 0 aliphatic heterocycles. The summed E-state index contributed by atoms with van der Waals surface area (Å²) in [5, 5.41) is 4.67. The van der Waals surface area contributed by atoms with Crippen molar-refractivity contribution in [2.45, 2.75) is 6.92 Å². The van der Waals surface area contributed by atoms with Crippen LogP contribution in [0.5, 0.6) is 0 Å². The summed E-state index contributed by atoms with van der Waals surface area (Å²) in [6.07, 6.45) is 0. The van der Waals surface area contributed by atoms with E-state index in [0.717, 1.165) is 10.0 Å². The van der Waals surface area contributed by atoms with Crippen molar-refractivity contribution < 1.29 is 8.94 Å². The summed E-state index contributed by atoms with van der Waals surface area (Å²) < 4.78 is 12.2. The predicted octanol–water partition coefficient (Wildman–Crippen LogP) is 5.19. The van der Waals surface area contributed by atoms with E-state index in [9.17, 15) is 4.79 Å². The molecule has 118 valence electrons. The molecule has 0 unspecified atom stereocenters. The zero-order valence-corrected chi connectivity index (χ0v) is 14.3. The van der Waals surface area contributed by atoms with Gasteiger partial charge < -0.3 is 8.94 Å². The lowest BCUT2D eigenvalue weighted by Crippen LogP contribution is -2.00. The second-order valence-electron chi connectivity index (χ2n) is 5.44. The third-order valence-corrected chi connectivity index (χ3v) is 4.34. The summed E-state index contributed by atoms with van der Waals surface area (Å²) in [6.45, 7) is 1.81. The Balaban J connectivity index is 1.98. The first-order valence-electron chi connectivity index (χ1n) is 7.39. The molecule has 0 spiro atoms. The fraction of sp³-hybridized carbons (Fsp3) is 0.0526. The number of aromatic nitrogens is 1. The lowest BCUT2D eigenvalue weighted by Gasteiger charge is -2.04. The minimum absolute atomic E-state index is 0.104. The van der Waals surface area contributed by atoms with Crippen LogP contribution >= 0.6 is 15.9 Å². The van der Waals surface area contributed by atoms with Gasteiger partial charge in [0.15, 0.2) is 5.43 Å². The summed E-state index contributed by atoms with van der Waals surface area (Å²) in [7, 11) is 0. The van der Waals surface area contributed by atoms with E-state index in [-0.39, 0.29) is 5.43 Å². The van der Waals surface area contributed by atoms with Crippen molar-refractivity contribution in [3.05, 3.63) is 75.1 Å². The maximum atomic E-state index is 12.5. The number of aryl methyl sites for hydroxylation is 1. The first-order chi connectivity index (χ1) is 11.6. The van der Waals surface area contributed by atoms with Crippen LogP contribution < -0.4 is 5.43 Å². The summed E-state index contributed by atoms with van der Waals surface area (Å²) in [4.78, 5) is 12.5. The summed E-state index contributed by atoms with van der Waals surface area (Å²) in [5.41, 5.74) is 2.69. The van der Waals surface area contributed by atoms with Gasteiger partial charge >= 0.3 is 0 Å². The van der Waals surface area contributed by atoms with Crippen molar-refractivity contribution in [2.24, 2.45) is 0 Å². The Kier molecular flexibility index (Phi) is 3.58. The predicted molar refractivity (Wildman–Crippen MR) is 95.9 cm³/mol. The third kappa shape index (κ3) is 2.47. The van der Waals surface area contributed by atoms with E-state index in [2.05, 4.69) is 21.1 Å². The minimum atomic E-state index is -0.104. The maximum absolute atomic E-state index is 12.5. The Labute approximate surface area is 145 Å². The van der Waals surface area contributed by atoms with Crippen LogP contribution in [0, 0.1) is 6.92 Å². The average molecular weight is 382 g/mol. The van der Waals surface area contributed by atoms with Gasteiger partial charge in [-0.1, -0.05) is 51.4 Å². The molecule has 0 atom stereocenters. The van der Waals surface area contributed by atoms with Crippen molar-refractivity contribution in [2.75, 3.05) is 0 Å². The van der Waals surface area contributed by atoms with Crippen LogP contribution in [0.2, 0.25) is 0 Å². The number of benzene rings is 2. The first kappa shape index (κ1) is 14.9. The van der Waals surface area contributed by atoms with Crippen LogP contribution in [0.15, 0.2) is 72.8 Å². The summed E-state index contributed by atoms with van der Waals surface area (Å²) >= 11 is 3.37. The molecule has 0 aliphatic rings. The normalized spacial score (nSPS) is 11.1. The highest BCUT2D eigenvalue weighted by molar-refractivity contribution is 9.10. The Hall–Kier alpha value is -2.66. The quantitative estimate of drug-likeness (QED) is 0.479. The molecule has 2 aromatic heterocycles. The molecule has 4 aromatic rings. The third-order valence-electron chi connectivity index (χ3n) is 3.85. The van der Waals surface area contributed by atoms with E-state index in [1.54, 1.807) is 19.1 Å². The van der Waals surface area contributed by atoms with E-state index >= 15 is 0 Å². The van der Waals surface area contributed by atoms with Gasteiger partial charge in [-0.25, -0.2) is 0 Å². The highest BCUT2D eigenvalue weighted by atomic mass is 79.9. The van der Waals surface area contributed by atoms with Crippen LogP contribution in [0.25, 0.3) is 33.6 Å². The maximum Gasteiger partial charge on any atom is 0.193 e. The van der Waals surface area contributed by atoms with Gasteiger partial charge in [0.2, 0.25) is 0 Å². The van der Waals surface area contributed by atoms with Crippen molar-refractivity contribution in [1.82, 2.24) is 5.16 Å². The Morgan fingerprint density at radius 3 is 2.62 bits per heavy atom. The topological polar surface area (TPSA) is 56.2 Å². The molecule has 24 heavy (non-hydrogen) atoms. The van der Waals surface area contributed by atoms with Crippen LogP contribution in [0.3, 0.4) is 0 Å². The van der Waals surface area contributed by atoms with Gasteiger partial charge in [-0.2, -0.15) is 0 Å². The van der Waals surface area contributed by atoms with Crippen LogP contribution in [-0.4, -0.2) is 5.16 Å². The molecule has 4 nitrogen and oxygen atoms in total. The van der Waals surface area contributed by atoms with E-state index in [1.807, 2.05) is 36.4 Å². The Morgan fingerprint density at radius 2 is 1.83 bits per heavy atom. The highest BCUT2D eigenvalue weighted by Gasteiger charge is 2.20. The van der Waals surface area contributed by atoms with Crippen molar-refractivity contribution in [3.63, 3.8) is 0 Å². The fourth-order valence-corrected chi connectivity index (χ4v) is 3.07. The standard InChI is InChI=1S/C19H12BrNO3/c1-11-18(19(21-24-11)12-5-3-2-4-6-12)17-10-15(22)14-9-13(20)7-8-16(14)23-17/h2-10H,1H3. The molecular formula is C19H12BrNO3. The molecule has 0 saturated heterocycles. The van der Waals surface area contributed by atoms with Crippen molar-refractivity contribution in [3.8, 4) is 22.6 Å². The van der Waals surface area contributed by atoms with Gasteiger partial charge in [0.05, 0.1) is 10.9 Å². The lowest BCUT2D eigenvalue weighted by atomic mass is 10.0. The van der Waals surface area contributed by atoms with Gasteiger partial charge in [-0.05, 0) is 25.1 Å². The molecular weight excluding hydrogens is 370 g/mol. The molecule has 2 heterocycles. The van der Waals surface area contributed by atoms with E-state index in [0.29, 0.717) is 33.7 Å². The monoisotopic (exact) mass is 381 g/mol. The van der Waals surface area contributed by atoms with E-state index in [1.165, 1.54) is 6.07 Å². The molecule has 4 rings (SSSR count). The first-order valence-corrected chi connectivity index (χ1v) is 8.18. The molecule has 0 saturated carbocycles. The smallest absolute Gasteiger partial charge is 0.193 e. The molecule has 0 N–H and O–H groups in total. The molecule has 2 aromatic carbocycles. The number of rotatable bonds is 2. The van der Waals surface area contributed by atoms with E-state index < -0.39 is 0 Å². The largest absolute Gasteiger partial charge is 0.456 e. The van der Waals surface area contributed by atoms with Gasteiger partial charge in [0, 0.05) is 16.1 Å². The summed E-state index contributed by atoms with van der Waals surface area (Å²) in [5.74, 6) is 1.06.